The zero-order chi connectivity index (χ0) is 13.2. The van der Waals surface area contributed by atoms with E-state index in [1.54, 1.807) is 12.1 Å². The van der Waals surface area contributed by atoms with Crippen molar-refractivity contribution in [2.45, 2.75) is 18.9 Å². The highest BCUT2D eigenvalue weighted by atomic mass is 16.6. The first kappa shape index (κ1) is 11.7. The van der Waals surface area contributed by atoms with Crippen LogP contribution in [0.3, 0.4) is 0 Å². The number of benzene rings is 2. The molecule has 0 saturated heterocycles. The third kappa shape index (κ3) is 2.29. The summed E-state index contributed by atoms with van der Waals surface area (Å²) in [6, 6.07) is 15.3. The molecule has 3 rings (SSSR count). The van der Waals surface area contributed by atoms with Crippen LogP contribution in [0.1, 0.15) is 11.1 Å². The van der Waals surface area contributed by atoms with Gasteiger partial charge < -0.3 is 5.32 Å². The highest BCUT2D eigenvalue weighted by Gasteiger charge is 2.23. The Morgan fingerprint density at radius 1 is 1.00 bits per heavy atom. The first-order valence-electron chi connectivity index (χ1n) is 6.31. The molecule has 2 aromatic carbocycles. The maximum atomic E-state index is 11.0. The SMILES string of the molecule is O=[N+]([O-])c1ccccc1NC1Cc2ccccc2C1. The number of rotatable bonds is 3. The lowest BCUT2D eigenvalue weighted by atomic mass is 10.1. The number of hydrogen-bond acceptors (Lipinski definition) is 3. The van der Waals surface area contributed by atoms with Gasteiger partial charge in [-0.2, -0.15) is 0 Å². The molecule has 0 amide bonds. The van der Waals surface area contributed by atoms with Gasteiger partial charge in [0.1, 0.15) is 5.69 Å². The molecule has 0 atom stereocenters. The predicted octanol–water partition coefficient (Wildman–Crippen LogP) is 3.17. The van der Waals surface area contributed by atoms with Crippen LogP contribution in [0.2, 0.25) is 0 Å². The number of hydrogen-bond donors (Lipinski definition) is 1. The van der Waals surface area contributed by atoms with Crippen molar-refractivity contribution in [3.63, 3.8) is 0 Å². The average Bonchev–Trinajstić information content (AvgIpc) is 2.81. The van der Waals surface area contributed by atoms with Crippen molar-refractivity contribution in [2.24, 2.45) is 0 Å². The minimum atomic E-state index is -0.343. The zero-order valence-corrected chi connectivity index (χ0v) is 10.4. The fourth-order valence-electron chi connectivity index (χ4n) is 2.64. The van der Waals surface area contributed by atoms with Crippen LogP contribution in [0, 0.1) is 10.1 Å². The molecule has 0 bridgehead atoms. The van der Waals surface area contributed by atoms with Crippen LogP contribution in [-0.2, 0) is 12.8 Å². The lowest BCUT2D eigenvalue weighted by molar-refractivity contribution is -0.384. The molecule has 1 N–H and O–H groups in total. The standard InChI is InChI=1S/C15H14N2O2/c18-17(19)15-8-4-3-7-14(15)16-13-9-11-5-1-2-6-12(11)10-13/h1-8,13,16H,9-10H2. The fourth-order valence-corrected chi connectivity index (χ4v) is 2.64. The number of fused-ring (bicyclic) bond motifs is 1. The third-order valence-electron chi connectivity index (χ3n) is 3.51. The van der Waals surface area contributed by atoms with Gasteiger partial charge >= 0.3 is 0 Å². The summed E-state index contributed by atoms with van der Waals surface area (Å²) < 4.78 is 0. The van der Waals surface area contributed by atoms with Crippen LogP contribution in [0.25, 0.3) is 0 Å². The molecule has 0 saturated carbocycles. The molecule has 2 aromatic rings. The van der Waals surface area contributed by atoms with Crippen molar-refractivity contribution < 1.29 is 4.92 Å². The van der Waals surface area contributed by atoms with E-state index >= 15 is 0 Å². The van der Waals surface area contributed by atoms with E-state index in [-0.39, 0.29) is 16.7 Å². The molecule has 0 aliphatic heterocycles. The number of nitro benzene ring substituents is 1. The van der Waals surface area contributed by atoms with E-state index in [1.165, 1.54) is 17.2 Å². The van der Waals surface area contributed by atoms with Crippen LogP contribution in [0.4, 0.5) is 11.4 Å². The Morgan fingerprint density at radius 3 is 2.21 bits per heavy atom. The van der Waals surface area contributed by atoms with Crippen molar-refractivity contribution >= 4 is 11.4 Å². The normalized spacial score (nSPS) is 14.1. The Kier molecular flexibility index (Phi) is 2.91. The molecule has 4 nitrogen and oxygen atoms in total. The molecule has 0 heterocycles. The number of para-hydroxylation sites is 2. The topological polar surface area (TPSA) is 55.2 Å². The fraction of sp³-hybridized carbons (Fsp3) is 0.200. The molecular formula is C15H14N2O2. The maximum absolute atomic E-state index is 11.0. The van der Waals surface area contributed by atoms with Gasteiger partial charge in [0.05, 0.1) is 4.92 Å². The van der Waals surface area contributed by atoms with E-state index in [9.17, 15) is 10.1 Å². The lowest BCUT2D eigenvalue weighted by Gasteiger charge is -2.13. The van der Waals surface area contributed by atoms with Gasteiger partial charge in [0.2, 0.25) is 0 Å². The van der Waals surface area contributed by atoms with Crippen LogP contribution in [0.15, 0.2) is 48.5 Å². The first-order chi connectivity index (χ1) is 9.24. The summed E-state index contributed by atoms with van der Waals surface area (Å²) in [5.41, 5.74) is 3.40. The Morgan fingerprint density at radius 2 is 1.58 bits per heavy atom. The average molecular weight is 254 g/mol. The summed E-state index contributed by atoms with van der Waals surface area (Å²) in [7, 11) is 0. The Balaban J connectivity index is 1.80. The van der Waals surface area contributed by atoms with Gasteiger partial charge in [-0.3, -0.25) is 10.1 Å². The minimum absolute atomic E-state index is 0.137. The van der Waals surface area contributed by atoms with Crippen LogP contribution >= 0.6 is 0 Å². The smallest absolute Gasteiger partial charge is 0.292 e. The molecule has 0 aromatic heterocycles. The zero-order valence-electron chi connectivity index (χ0n) is 10.4. The quantitative estimate of drug-likeness (QED) is 0.676. The summed E-state index contributed by atoms with van der Waals surface area (Å²) in [6.45, 7) is 0. The van der Waals surface area contributed by atoms with Crippen molar-refractivity contribution in [3.05, 3.63) is 69.8 Å². The third-order valence-corrected chi connectivity index (χ3v) is 3.51. The lowest BCUT2D eigenvalue weighted by Crippen LogP contribution is -2.20. The van der Waals surface area contributed by atoms with Crippen molar-refractivity contribution in [3.8, 4) is 0 Å². The van der Waals surface area contributed by atoms with E-state index in [0.717, 1.165) is 12.8 Å². The van der Waals surface area contributed by atoms with E-state index in [2.05, 4.69) is 17.4 Å². The molecule has 1 aliphatic carbocycles. The van der Waals surface area contributed by atoms with Crippen LogP contribution < -0.4 is 5.32 Å². The van der Waals surface area contributed by atoms with E-state index in [1.807, 2.05) is 18.2 Å². The van der Waals surface area contributed by atoms with Gasteiger partial charge in [-0.05, 0) is 30.0 Å². The molecule has 0 radical (unpaired) electrons. The second-order valence-corrected chi connectivity index (χ2v) is 4.79. The second-order valence-electron chi connectivity index (χ2n) is 4.79. The largest absolute Gasteiger partial charge is 0.376 e. The summed E-state index contributed by atoms with van der Waals surface area (Å²) in [5, 5.41) is 14.3. The molecule has 0 unspecified atom stereocenters. The maximum Gasteiger partial charge on any atom is 0.292 e. The Labute approximate surface area is 111 Å². The summed E-state index contributed by atoms with van der Waals surface area (Å²) in [6.07, 6.45) is 1.84. The summed E-state index contributed by atoms with van der Waals surface area (Å²) >= 11 is 0. The van der Waals surface area contributed by atoms with Gasteiger partial charge in [-0.25, -0.2) is 0 Å². The van der Waals surface area contributed by atoms with Crippen LogP contribution in [-0.4, -0.2) is 11.0 Å². The number of nitrogens with zero attached hydrogens (tertiary/aromatic N) is 1. The van der Waals surface area contributed by atoms with E-state index < -0.39 is 0 Å². The molecule has 0 spiro atoms. The highest BCUT2D eigenvalue weighted by molar-refractivity contribution is 5.62. The molecule has 96 valence electrons. The number of nitrogens with one attached hydrogen (secondary N) is 1. The van der Waals surface area contributed by atoms with E-state index in [4.69, 9.17) is 0 Å². The Hall–Kier alpha value is -2.36. The second kappa shape index (κ2) is 4.72. The molecular weight excluding hydrogens is 240 g/mol. The van der Waals surface area contributed by atoms with Crippen LogP contribution in [0.5, 0.6) is 0 Å². The molecule has 19 heavy (non-hydrogen) atoms. The Bertz CT molecular complexity index is 600. The summed E-state index contributed by atoms with van der Waals surface area (Å²) in [4.78, 5) is 10.6. The van der Waals surface area contributed by atoms with Gasteiger partial charge in [-0.15, -0.1) is 0 Å². The first-order valence-corrected chi connectivity index (χ1v) is 6.31. The molecule has 0 fully saturated rings. The van der Waals surface area contributed by atoms with Crippen molar-refractivity contribution in [2.75, 3.05) is 5.32 Å². The molecule has 1 aliphatic rings. The summed E-state index contributed by atoms with van der Waals surface area (Å²) in [5.74, 6) is 0. The van der Waals surface area contributed by atoms with E-state index in [0.29, 0.717) is 5.69 Å². The van der Waals surface area contributed by atoms with Gasteiger partial charge in [-0.1, -0.05) is 36.4 Å². The van der Waals surface area contributed by atoms with Gasteiger partial charge in [0.15, 0.2) is 0 Å². The number of nitro groups is 1. The molecule has 4 heteroatoms. The monoisotopic (exact) mass is 254 g/mol. The van der Waals surface area contributed by atoms with Crippen molar-refractivity contribution in [1.82, 2.24) is 0 Å². The minimum Gasteiger partial charge on any atom is -0.376 e. The highest BCUT2D eigenvalue weighted by Crippen LogP contribution is 2.28. The number of anilines is 1. The van der Waals surface area contributed by atoms with Gasteiger partial charge in [0.25, 0.3) is 5.69 Å². The van der Waals surface area contributed by atoms with Crippen molar-refractivity contribution in [1.29, 1.82) is 0 Å². The predicted molar refractivity (Wildman–Crippen MR) is 74.4 cm³/mol. The van der Waals surface area contributed by atoms with Gasteiger partial charge in [0, 0.05) is 12.1 Å².